The van der Waals surface area contributed by atoms with Gasteiger partial charge in [-0.1, -0.05) is 17.7 Å². The molecule has 0 radical (unpaired) electrons. The van der Waals surface area contributed by atoms with E-state index < -0.39 is 0 Å². The maximum atomic E-state index is 5.74. The fourth-order valence-electron chi connectivity index (χ4n) is 2.32. The first-order valence-electron chi connectivity index (χ1n) is 8.73. The summed E-state index contributed by atoms with van der Waals surface area (Å²) < 4.78 is 5.74. The summed E-state index contributed by atoms with van der Waals surface area (Å²) in [7, 11) is 0. The number of ether oxygens (including phenoxy) is 1. The average molecular weight is 488 g/mol. The topological polar surface area (TPSA) is 58.5 Å². The van der Waals surface area contributed by atoms with E-state index in [1.807, 2.05) is 26.0 Å². The van der Waals surface area contributed by atoms with Crippen LogP contribution in [0.3, 0.4) is 0 Å². The van der Waals surface area contributed by atoms with Crippen molar-refractivity contribution in [2.45, 2.75) is 40.7 Å². The van der Waals surface area contributed by atoms with Crippen LogP contribution in [0, 0.1) is 20.8 Å². The zero-order valence-electron chi connectivity index (χ0n) is 16.0. The number of hydrogen-bond donors (Lipinski definition) is 2. The Balaban J connectivity index is 0.00000338. The molecule has 7 heteroatoms. The fourth-order valence-corrected chi connectivity index (χ4v) is 3.18. The molecule has 0 spiro atoms. The number of aromatic nitrogens is 1. The largest absolute Gasteiger partial charge is 0.494 e. The zero-order valence-corrected chi connectivity index (χ0v) is 19.1. The minimum Gasteiger partial charge on any atom is -0.494 e. The van der Waals surface area contributed by atoms with Crippen LogP contribution < -0.4 is 15.4 Å². The Labute approximate surface area is 177 Å². The van der Waals surface area contributed by atoms with Gasteiger partial charge in [0.25, 0.3) is 0 Å². The Morgan fingerprint density at radius 2 is 1.88 bits per heavy atom. The zero-order chi connectivity index (χ0) is 18.1. The van der Waals surface area contributed by atoms with Crippen LogP contribution in [0.2, 0.25) is 0 Å². The SMILES string of the molecule is CCNC(=NCc1sc(C)nc1C)NCCCOc1ccc(C)cc1.I. The van der Waals surface area contributed by atoms with E-state index in [4.69, 9.17) is 4.74 Å². The maximum absolute atomic E-state index is 5.74. The van der Waals surface area contributed by atoms with Crippen molar-refractivity contribution in [3.05, 3.63) is 45.4 Å². The van der Waals surface area contributed by atoms with Crippen LogP contribution in [0.25, 0.3) is 0 Å². The molecular formula is C19H29IN4OS. The average Bonchev–Trinajstić information content (AvgIpc) is 2.91. The van der Waals surface area contributed by atoms with Gasteiger partial charge < -0.3 is 15.4 Å². The molecule has 0 aliphatic carbocycles. The molecule has 26 heavy (non-hydrogen) atoms. The highest BCUT2D eigenvalue weighted by Crippen LogP contribution is 2.17. The number of guanidine groups is 1. The Hall–Kier alpha value is -1.35. The molecular weight excluding hydrogens is 459 g/mol. The van der Waals surface area contributed by atoms with E-state index in [0.717, 1.165) is 41.9 Å². The molecule has 2 aromatic rings. The quantitative estimate of drug-likeness (QED) is 0.253. The number of nitrogens with zero attached hydrogens (tertiary/aromatic N) is 2. The fraction of sp³-hybridized carbons (Fsp3) is 0.474. The van der Waals surface area contributed by atoms with Crippen molar-refractivity contribution in [3.8, 4) is 5.75 Å². The van der Waals surface area contributed by atoms with Crippen molar-refractivity contribution in [1.29, 1.82) is 0 Å². The predicted octanol–water partition coefficient (Wildman–Crippen LogP) is 4.21. The third kappa shape index (κ3) is 7.90. The third-order valence-electron chi connectivity index (χ3n) is 3.63. The molecule has 0 atom stereocenters. The molecule has 0 fully saturated rings. The number of nitrogens with one attached hydrogen (secondary N) is 2. The number of halogens is 1. The van der Waals surface area contributed by atoms with E-state index in [-0.39, 0.29) is 24.0 Å². The molecule has 5 nitrogen and oxygen atoms in total. The van der Waals surface area contributed by atoms with Crippen molar-refractivity contribution in [2.24, 2.45) is 4.99 Å². The van der Waals surface area contributed by atoms with Crippen LogP contribution in [-0.4, -0.2) is 30.6 Å². The molecule has 2 rings (SSSR count). The first kappa shape index (κ1) is 22.7. The number of aliphatic imine (C=N–C) groups is 1. The molecule has 0 bridgehead atoms. The number of benzene rings is 1. The Bertz CT molecular complexity index is 685. The predicted molar refractivity (Wildman–Crippen MR) is 121 cm³/mol. The number of rotatable bonds is 8. The second-order valence-electron chi connectivity index (χ2n) is 5.88. The summed E-state index contributed by atoms with van der Waals surface area (Å²) in [5.74, 6) is 1.76. The first-order chi connectivity index (χ1) is 12.1. The van der Waals surface area contributed by atoms with Gasteiger partial charge in [0.1, 0.15) is 5.75 Å². The highest BCUT2D eigenvalue weighted by Gasteiger charge is 2.04. The monoisotopic (exact) mass is 488 g/mol. The van der Waals surface area contributed by atoms with Crippen LogP contribution in [0.4, 0.5) is 0 Å². The summed E-state index contributed by atoms with van der Waals surface area (Å²) in [5.41, 5.74) is 2.32. The van der Waals surface area contributed by atoms with Crippen molar-refractivity contribution in [2.75, 3.05) is 19.7 Å². The number of aryl methyl sites for hydroxylation is 3. The van der Waals surface area contributed by atoms with E-state index in [1.54, 1.807) is 11.3 Å². The van der Waals surface area contributed by atoms with Gasteiger partial charge in [-0.2, -0.15) is 0 Å². The van der Waals surface area contributed by atoms with Gasteiger partial charge in [-0.15, -0.1) is 35.3 Å². The molecule has 0 aliphatic rings. The molecule has 0 aliphatic heterocycles. The lowest BCUT2D eigenvalue weighted by Crippen LogP contribution is -2.38. The van der Waals surface area contributed by atoms with Gasteiger partial charge in [0.05, 0.1) is 23.9 Å². The highest BCUT2D eigenvalue weighted by molar-refractivity contribution is 14.0. The van der Waals surface area contributed by atoms with Gasteiger partial charge in [0.2, 0.25) is 0 Å². The molecule has 0 amide bonds. The van der Waals surface area contributed by atoms with E-state index >= 15 is 0 Å². The summed E-state index contributed by atoms with van der Waals surface area (Å²) in [4.78, 5) is 10.3. The van der Waals surface area contributed by atoms with Crippen LogP contribution >= 0.6 is 35.3 Å². The van der Waals surface area contributed by atoms with Gasteiger partial charge in [-0.25, -0.2) is 9.98 Å². The van der Waals surface area contributed by atoms with Crippen molar-refractivity contribution < 1.29 is 4.74 Å². The maximum Gasteiger partial charge on any atom is 0.191 e. The first-order valence-corrected chi connectivity index (χ1v) is 9.54. The second kappa shape index (κ2) is 12.1. The summed E-state index contributed by atoms with van der Waals surface area (Å²) in [5, 5.41) is 7.72. The van der Waals surface area contributed by atoms with Gasteiger partial charge in [0.15, 0.2) is 5.96 Å². The van der Waals surface area contributed by atoms with Gasteiger partial charge in [-0.05, 0) is 46.2 Å². The molecule has 144 valence electrons. The Morgan fingerprint density at radius 3 is 2.50 bits per heavy atom. The summed E-state index contributed by atoms with van der Waals surface area (Å²) in [6.45, 7) is 11.2. The molecule has 1 aromatic carbocycles. The van der Waals surface area contributed by atoms with Crippen LogP contribution in [0.5, 0.6) is 5.75 Å². The normalized spacial score (nSPS) is 11.0. The second-order valence-corrected chi connectivity index (χ2v) is 7.17. The molecule has 0 saturated heterocycles. The molecule has 0 unspecified atom stereocenters. The smallest absolute Gasteiger partial charge is 0.191 e. The minimum atomic E-state index is 0. The van der Waals surface area contributed by atoms with Crippen molar-refractivity contribution in [3.63, 3.8) is 0 Å². The third-order valence-corrected chi connectivity index (χ3v) is 4.69. The lowest BCUT2D eigenvalue weighted by Gasteiger charge is -2.11. The van der Waals surface area contributed by atoms with E-state index in [9.17, 15) is 0 Å². The highest BCUT2D eigenvalue weighted by atomic mass is 127. The number of hydrogen-bond acceptors (Lipinski definition) is 4. The molecule has 2 N–H and O–H groups in total. The summed E-state index contributed by atoms with van der Waals surface area (Å²) in [6, 6.07) is 8.14. The van der Waals surface area contributed by atoms with E-state index in [1.165, 1.54) is 10.4 Å². The van der Waals surface area contributed by atoms with Gasteiger partial charge in [0, 0.05) is 18.0 Å². The molecule has 0 saturated carbocycles. The van der Waals surface area contributed by atoms with Crippen LogP contribution in [0.1, 0.15) is 34.5 Å². The summed E-state index contributed by atoms with van der Waals surface area (Å²) in [6.07, 6.45) is 0.914. The molecule has 1 aromatic heterocycles. The van der Waals surface area contributed by atoms with E-state index in [0.29, 0.717) is 13.2 Å². The van der Waals surface area contributed by atoms with Gasteiger partial charge >= 0.3 is 0 Å². The lowest BCUT2D eigenvalue weighted by molar-refractivity contribution is 0.311. The Kier molecular flexibility index (Phi) is 10.6. The minimum absolute atomic E-state index is 0. The van der Waals surface area contributed by atoms with Crippen molar-refractivity contribution in [1.82, 2.24) is 15.6 Å². The molecule has 1 heterocycles. The van der Waals surface area contributed by atoms with Gasteiger partial charge in [-0.3, -0.25) is 0 Å². The number of thiazole rings is 1. The van der Waals surface area contributed by atoms with Crippen LogP contribution in [0.15, 0.2) is 29.3 Å². The van der Waals surface area contributed by atoms with E-state index in [2.05, 4.69) is 46.6 Å². The van der Waals surface area contributed by atoms with Crippen molar-refractivity contribution >= 4 is 41.3 Å². The summed E-state index contributed by atoms with van der Waals surface area (Å²) >= 11 is 1.71. The lowest BCUT2D eigenvalue weighted by atomic mass is 10.2. The standard InChI is InChI=1S/C19H28N4OS.HI/c1-5-20-19(22-13-18-15(3)23-16(4)25-18)21-11-6-12-24-17-9-7-14(2)8-10-17;/h7-10H,5-6,11-13H2,1-4H3,(H2,20,21,22);1H. The Morgan fingerprint density at radius 1 is 1.15 bits per heavy atom. The van der Waals surface area contributed by atoms with Crippen LogP contribution in [-0.2, 0) is 6.54 Å².